The zero-order chi connectivity index (χ0) is 16.7. The van der Waals surface area contributed by atoms with Gasteiger partial charge >= 0.3 is 11.3 Å². The van der Waals surface area contributed by atoms with E-state index in [4.69, 9.17) is 13.6 Å². The maximum Gasteiger partial charge on any atom is 0.344 e. The van der Waals surface area contributed by atoms with Crippen LogP contribution in [0.2, 0.25) is 0 Å². The summed E-state index contributed by atoms with van der Waals surface area (Å²) in [5.41, 5.74) is 0.597. The molecule has 0 amide bonds. The van der Waals surface area contributed by atoms with E-state index in [0.717, 1.165) is 5.39 Å². The normalized spacial score (nSPS) is 11.0. The molecule has 4 aromatic rings. The largest absolute Gasteiger partial charge is 0.497 e. The Bertz CT molecular complexity index is 1180. The highest BCUT2D eigenvalue weighted by Crippen LogP contribution is 2.29. The Morgan fingerprint density at radius 3 is 2.50 bits per heavy atom. The molecule has 2 heterocycles. The number of fused-ring (bicyclic) bond motifs is 2. The maximum absolute atomic E-state index is 12.4. The molecule has 0 spiro atoms. The van der Waals surface area contributed by atoms with E-state index in [9.17, 15) is 9.59 Å². The molecule has 0 saturated carbocycles. The van der Waals surface area contributed by atoms with Gasteiger partial charge < -0.3 is 13.6 Å². The Labute approximate surface area is 135 Å². The Morgan fingerprint density at radius 2 is 1.67 bits per heavy atom. The van der Waals surface area contributed by atoms with Crippen molar-refractivity contribution in [3.63, 3.8) is 0 Å². The third-order valence-electron chi connectivity index (χ3n) is 3.88. The van der Waals surface area contributed by atoms with Crippen molar-refractivity contribution in [3.05, 3.63) is 75.4 Å². The van der Waals surface area contributed by atoms with E-state index < -0.39 is 11.3 Å². The first-order chi connectivity index (χ1) is 11.7. The molecule has 4 rings (SSSR count). The molecule has 0 radical (unpaired) electrons. The summed E-state index contributed by atoms with van der Waals surface area (Å²) in [5.74, 6) is 0.563. The summed E-state index contributed by atoms with van der Waals surface area (Å²) in [5, 5.41) is 1.42. The molecule has 24 heavy (non-hydrogen) atoms. The molecule has 2 aromatic heterocycles. The molecule has 0 unspecified atom stereocenters. The number of hydrogen-bond donors (Lipinski definition) is 0. The molecule has 118 valence electrons. The predicted octanol–water partition coefficient (Wildman–Crippen LogP) is 3.58. The van der Waals surface area contributed by atoms with E-state index in [1.807, 2.05) is 12.1 Å². The lowest BCUT2D eigenvalue weighted by Crippen LogP contribution is -2.06. The Kier molecular flexibility index (Phi) is 3.20. The van der Waals surface area contributed by atoms with Crippen molar-refractivity contribution in [2.24, 2.45) is 0 Å². The summed E-state index contributed by atoms with van der Waals surface area (Å²) < 4.78 is 15.7. The molecule has 0 aliphatic heterocycles. The van der Waals surface area contributed by atoms with E-state index in [0.29, 0.717) is 33.4 Å². The highest BCUT2D eigenvalue weighted by atomic mass is 16.5. The zero-order valence-corrected chi connectivity index (χ0v) is 12.7. The first-order valence-corrected chi connectivity index (χ1v) is 7.31. The standard InChI is InChI=1S/C19H12O5/c1-22-12-6-7-13-14(10-18(20)23-17(13)9-12)15-8-11-4-2-3-5-16(11)24-19(15)21/h2-10H,1H3. The number of benzene rings is 2. The van der Waals surface area contributed by atoms with Gasteiger partial charge in [0.1, 0.15) is 16.9 Å². The Balaban J connectivity index is 2.08. The summed E-state index contributed by atoms with van der Waals surface area (Å²) in [7, 11) is 1.53. The second-order valence-corrected chi connectivity index (χ2v) is 5.33. The van der Waals surface area contributed by atoms with Crippen LogP contribution in [0.3, 0.4) is 0 Å². The summed E-state index contributed by atoms with van der Waals surface area (Å²) in [6, 6.07) is 15.4. The number of ether oxygens (including phenoxy) is 1. The van der Waals surface area contributed by atoms with Crippen molar-refractivity contribution in [3.8, 4) is 16.9 Å². The monoisotopic (exact) mass is 320 g/mol. The maximum atomic E-state index is 12.4. The van der Waals surface area contributed by atoms with E-state index in [1.54, 1.807) is 36.4 Å². The minimum Gasteiger partial charge on any atom is -0.497 e. The topological polar surface area (TPSA) is 69.7 Å². The van der Waals surface area contributed by atoms with Gasteiger partial charge in [0.2, 0.25) is 0 Å². The van der Waals surface area contributed by atoms with Gasteiger partial charge in [-0.25, -0.2) is 9.59 Å². The average Bonchev–Trinajstić information content (AvgIpc) is 2.59. The lowest BCUT2D eigenvalue weighted by Gasteiger charge is -2.07. The minimum atomic E-state index is -0.543. The van der Waals surface area contributed by atoms with E-state index >= 15 is 0 Å². The number of hydrogen-bond acceptors (Lipinski definition) is 5. The molecule has 5 nitrogen and oxygen atoms in total. The van der Waals surface area contributed by atoms with E-state index in [-0.39, 0.29) is 0 Å². The van der Waals surface area contributed by atoms with Gasteiger partial charge in [0.05, 0.1) is 12.7 Å². The van der Waals surface area contributed by atoms with Gasteiger partial charge in [-0.05, 0) is 24.3 Å². The van der Waals surface area contributed by atoms with Crippen LogP contribution >= 0.6 is 0 Å². The second kappa shape index (κ2) is 5.38. The van der Waals surface area contributed by atoms with Crippen LogP contribution < -0.4 is 16.0 Å². The molecule has 0 saturated heterocycles. The van der Waals surface area contributed by atoms with Crippen LogP contribution in [0, 0.1) is 0 Å². The van der Waals surface area contributed by atoms with Gasteiger partial charge in [0, 0.05) is 28.5 Å². The van der Waals surface area contributed by atoms with Gasteiger partial charge in [0.15, 0.2) is 0 Å². The van der Waals surface area contributed by atoms with Crippen LogP contribution in [0.1, 0.15) is 0 Å². The third-order valence-corrected chi connectivity index (χ3v) is 3.88. The van der Waals surface area contributed by atoms with Crippen LogP contribution in [0.5, 0.6) is 5.75 Å². The smallest absolute Gasteiger partial charge is 0.344 e. The fourth-order valence-corrected chi connectivity index (χ4v) is 2.74. The van der Waals surface area contributed by atoms with Crippen molar-refractivity contribution in [2.75, 3.05) is 7.11 Å². The highest BCUT2D eigenvalue weighted by molar-refractivity contribution is 5.95. The first kappa shape index (κ1) is 14.3. The van der Waals surface area contributed by atoms with Crippen LogP contribution in [-0.4, -0.2) is 7.11 Å². The summed E-state index contributed by atoms with van der Waals surface area (Å²) in [6.07, 6.45) is 0. The zero-order valence-electron chi connectivity index (χ0n) is 12.7. The fourth-order valence-electron chi connectivity index (χ4n) is 2.74. The molecular weight excluding hydrogens is 308 g/mol. The molecule has 0 atom stereocenters. The van der Waals surface area contributed by atoms with Crippen molar-refractivity contribution in [2.45, 2.75) is 0 Å². The van der Waals surface area contributed by atoms with E-state index in [2.05, 4.69) is 0 Å². The Hall–Kier alpha value is -3.34. The summed E-state index contributed by atoms with van der Waals surface area (Å²) in [4.78, 5) is 24.3. The molecule has 0 N–H and O–H groups in total. The van der Waals surface area contributed by atoms with Crippen molar-refractivity contribution in [1.82, 2.24) is 0 Å². The first-order valence-electron chi connectivity index (χ1n) is 7.31. The SMILES string of the molecule is COc1ccc2c(-c3cc4ccccc4oc3=O)cc(=O)oc2c1. The van der Waals surface area contributed by atoms with Crippen LogP contribution in [0.25, 0.3) is 33.1 Å². The van der Waals surface area contributed by atoms with Gasteiger partial charge in [-0.3, -0.25) is 0 Å². The van der Waals surface area contributed by atoms with E-state index in [1.165, 1.54) is 13.2 Å². The van der Waals surface area contributed by atoms with Crippen LogP contribution in [0.15, 0.2) is 73.0 Å². The van der Waals surface area contributed by atoms with Crippen LogP contribution in [-0.2, 0) is 0 Å². The minimum absolute atomic E-state index is 0.316. The quantitative estimate of drug-likeness (QED) is 0.528. The second-order valence-electron chi connectivity index (χ2n) is 5.33. The molecular formula is C19H12O5. The third kappa shape index (κ3) is 2.27. The lowest BCUT2D eigenvalue weighted by atomic mass is 10.0. The van der Waals surface area contributed by atoms with Crippen LogP contribution in [0.4, 0.5) is 0 Å². The predicted molar refractivity (Wildman–Crippen MR) is 90.5 cm³/mol. The van der Waals surface area contributed by atoms with Crippen molar-refractivity contribution in [1.29, 1.82) is 0 Å². The Morgan fingerprint density at radius 1 is 0.833 bits per heavy atom. The molecule has 5 heteroatoms. The van der Waals surface area contributed by atoms with Gasteiger partial charge in [-0.1, -0.05) is 18.2 Å². The lowest BCUT2D eigenvalue weighted by molar-refractivity contribution is 0.414. The van der Waals surface area contributed by atoms with Gasteiger partial charge in [0.25, 0.3) is 0 Å². The summed E-state index contributed by atoms with van der Waals surface area (Å²) >= 11 is 0. The van der Waals surface area contributed by atoms with Gasteiger partial charge in [-0.2, -0.15) is 0 Å². The number of para-hydroxylation sites is 1. The summed E-state index contributed by atoms with van der Waals surface area (Å²) in [6.45, 7) is 0. The molecule has 0 aliphatic rings. The highest BCUT2D eigenvalue weighted by Gasteiger charge is 2.14. The number of rotatable bonds is 2. The van der Waals surface area contributed by atoms with Crippen molar-refractivity contribution >= 4 is 21.9 Å². The molecule has 0 bridgehead atoms. The van der Waals surface area contributed by atoms with Gasteiger partial charge in [-0.15, -0.1) is 0 Å². The molecule has 0 fully saturated rings. The fraction of sp³-hybridized carbons (Fsp3) is 0.0526. The molecule has 2 aromatic carbocycles. The van der Waals surface area contributed by atoms with Crippen molar-refractivity contribution < 1.29 is 13.6 Å². The average molecular weight is 320 g/mol. The molecule has 0 aliphatic carbocycles. The number of methoxy groups -OCH3 is 1.